The molecule has 2 aromatic carbocycles. The maximum absolute atomic E-state index is 13.2. The fourth-order valence-electron chi connectivity index (χ4n) is 5.03. The molecule has 3 aliphatic rings. The van der Waals surface area contributed by atoms with Gasteiger partial charge in [0.05, 0.1) is 11.7 Å². The summed E-state index contributed by atoms with van der Waals surface area (Å²) in [6.45, 7) is 7.49. The molecule has 0 radical (unpaired) electrons. The third kappa shape index (κ3) is 3.59. The Bertz CT molecular complexity index is 1100. The van der Waals surface area contributed by atoms with Gasteiger partial charge in [-0.25, -0.2) is 4.79 Å². The smallest absolute Gasteiger partial charge is 0.410 e. The largest absolute Gasteiger partial charge is 0.444 e. The Morgan fingerprint density at radius 2 is 1.94 bits per heavy atom. The number of benzene rings is 2. The van der Waals surface area contributed by atoms with E-state index < -0.39 is 5.60 Å². The van der Waals surface area contributed by atoms with Crippen LogP contribution in [0.15, 0.2) is 30.3 Å². The number of ether oxygens (including phenoxy) is 1. The van der Waals surface area contributed by atoms with Crippen LogP contribution in [-0.2, 0) is 16.0 Å². The first-order chi connectivity index (χ1) is 15.2. The first-order valence-corrected chi connectivity index (χ1v) is 11.3. The van der Waals surface area contributed by atoms with Crippen LogP contribution in [0.25, 0.3) is 10.8 Å². The number of rotatable bonds is 3. The molecule has 0 spiro atoms. The van der Waals surface area contributed by atoms with Crippen molar-refractivity contribution in [1.82, 2.24) is 10.2 Å². The lowest BCUT2D eigenvalue weighted by Gasteiger charge is -2.40. The van der Waals surface area contributed by atoms with Crippen LogP contribution in [-0.4, -0.2) is 54.1 Å². The topological polar surface area (TPSA) is 79.0 Å². The van der Waals surface area contributed by atoms with Crippen molar-refractivity contribution < 1.29 is 19.1 Å². The van der Waals surface area contributed by atoms with Gasteiger partial charge in [-0.05, 0) is 62.6 Å². The standard InChI is InChI=1S/C25H29N3O4/c1-25(2,3)32-24(31)27-13-15(14-27)11-16-7-9-19-22-18(16)5-4-6-20(22)28(23(19)30)17-8-10-21(29)26-12-17/h4-7,9,15,17H,8,10-14H2,1-3H3,(H,26,29). The monoisotopic (exact) mass is 435 g/mol. The predicted molar refractivity (Wildman–Crippen MR) is 122 cm³/mol. The van der Waals surface area contributed by atoms with Crippen molar-refractivity contribution in [1.29, 1.82) is 0 Å². The first-order valence-electron chi connectivity index (χ1n) is 11.3. The zero-order valence-corrected chi connectivity index (χ0v) is 18.8. The second kappa shape index (κ2) is 7.50. The van der Waals surface area contributed by atoms with Gasteiger partial charge in [0.25, 0.3) is 5.91 Å². The van der Waals surface area contributed by atoms with E-state index in [-0.39, 0.29) is 23.9 Å². The van der Waals surface area contributed by atoms with Crippen molar-refractivity contribution in [2.45, 2.75) is 51.7 Å². The summed E-state index contributed by atoms with van der Waals surface area (Å²) in [6, 6.07) is 10.1. The summed E-state index contributed by atoms with van der Waals surface area (Å²) in [5, 5.41) is 5.01. The quantitative estimate of drug-likeness (QED) is 0.801. The molecule has 0 bridgehead atoms. The molecule has 2 fully saturated rings. The molecule has 7 nitrogen and oxygen atoms in total. The molecule has 5 rings (SSSR count). The lowest BCUT2D eigenvalue weighted by Crippen LogP contribution is -2.52. The number of hydrogen-bond acceptors (Lipinski definition) is 4. The maximum Gasteiger partial charge on any atom is 0.410 e. The van der Waals surface area contributed by atoms with E-state index >= 15 is 0 Å². The van der Waals surface area contributed by atoms with Gasteiger partial charge < -0.3 is 19.9 Å². The third-order valence-corrected chi connectivity index (χ3v) is 6.54. The zero-order valence-electron chi connectivity index (χ0n) is 18.8. The van der Waals surface area contributed by atoms with E-state index in [4.69, 9.17) is 4.74 Å². The Balaban J connectivity index is 1.35. The molecule has 1 unspecified atom stereocenters. The van der Waals surface area contributed by atoms with Gasteiger partial charge in [-0.2, -0.15) is 0 Å². The molecule has 1 N–H and O–H groups in total. The summed E-state index contributed by atoms with van der Waals surface area (Å²) in [5.41, 5.74) is 2.39. The number of nitrogens with one attached hydrogen (secondary N) is 1. The van der Waals surface area contributed by atoms with E-state index in [1.54, 1.807) is 4.90 Å². The fraction of sp³-hybridized carbons (Fsp3) is 0.480. The van der Waals surface area contributed by atoms with Crippen LogP contribution in [0.1, 0.15) is 49.5 Å². The molecule has 0 aliphatic carbocycles. The SMILES string of the molecule is CC(C)(C)OC(=O)N1CC(Cc2ccc3c4c(cccc24)N(C2CCC(=O)NC2)C3=O)C1. The van der Waals surface area contributed by atoms with Crippen LogP contribution in [0, 0.1) is 5.92 Å². The molecule has 1 atom stereocenters. The Morgan fingerprint density at radius 3 is 2.62 bits per heavy atom. The summed E-state index contributed by atoms with van der Waals surface area (Å²) >= 11 is 0. The summed E-state index contributed by atoms with van der Waals surface area (Å²) in [7, 11) is 0. The lowest BCUT2D eigenvalue weighted by atomic mass is 9.89. The Kier molecular flexibility index (Phi) is 4.87. The minimum atomic E-state index is -0.487. The van der Waals surface area contributed by atoms with E-state index in [0.717, 1.165) is 28.4 Å². The van der Waals surface area contributed by atoms with Crippen molar-refractivity contribution >= 4 is 34.4 Å². The molecule has 3 amide bonds. The summed E-state index contributed by atoms with van der Waals surface area (Å²) in [5.74, 6) is 0.441. The summed E-state index contributed by atoms with van der Waals surface area (Å²) < 4.78 is 5.46. The van der Waals surface area contributed by atoms with Crippen LogP contribution >= 0.6 is 0 Å². The highest BCUT2D eigenvalue weighted by molar-refractivity contribution is 6.25. The van der Waals surface area contributed by atoms with Crippen molar-refractivity contribution in [2.24, 2.45) is 5.92 Å². The normalized spacial score (nSPS) is 21.0. The number of amides is 3. The van der Waals surface area contributed by atoms with E-state index in [1.807, 2.05) is 43.9 Å². The van der Waals surface area contributed by atoms with Gasteiger partial charge in [-0.3, -0.25) is 9.59 Å². The Labute approximate surface area is 187 Å². The average molecular weight is 436 g/mol. The van der Waals surface area contributed by atoms with Crippen molar-refractivity contribution in [3.05, 3.63) is 41.5 Å². The van der Waals surface area contributed by atoms with Gasteiger partial charge >= 0.3 is 6.09 Å². The molecule has 0 aromatic heterocycles. The number of carbonyl (C=O) groups excluding carboxylic acids is 3. The minimum absolute atomic E-state index is 0.0173. The highest BCUT2D eigenvalue weighted by Crippen LogP contribution is 2.41. The van der Waals surface area contributed by atoms with Gasteiger partial charge in [-0.15, -0.1) is 0 Å². The maximum atomic E-state index is 13.2. The summed E-state index contributed by atoms with van der Waals surface area (Å²) in [4.78, 5) is 40.7. The van der Waals surface area contributed by atoms with Crippen LogP contribution in [0.2, 0.25) is 0 Å². The first kappa shape index (κ1) is 20.8. The number of carbonyl (C=O) groups is 3. The predicted octanol–water partition coefficient (Wildman–Crippen LogP) is 3.49. The lowest BCUT2D eigenvalue weighted by molar-refractivity contribution is -0.122. The van der Waals surface area contributed by atoms with Gasteiger partial charge in [0, 0.05) is 37.0 Å². The number of likely N-dealkylation sites (tertiary alicyclic amines) is 1. The van der Waals surface area contributed by atoms with Crippen molar-refractivity contribution in [3.8, 4) is 0 Å². The molecule has 2 aromatic rings. The van der Waals surface area contributed by atoms with Crippen molar-refractivity contribution in [2.75, 3.05) is 24.5 Å². The van der Waals surface area contributed by atoms with E-state index in [9.17, 15) is 14.4 Å². The van der Waals surface area contributed by atoms with Crippen LogP contribution in [0.4, 0.5) is 10.5 Å². The number of piperidine rings is 1. The summed E-state index contributed by atoms with van der Waals surface area (Å²) in [6.07, 6.45) is 1.72. The molecule has 2 saturated heterocycles. The molecule has 3 heterocycles. The average Bonchev–Trinajstić information content (AvgIpc) is 2.98. The van der Waals surface area contributed by atoms with E-state index in [2.05, 4.69) is 17.4 Å². The van der Waals surface area contributed by atoms with Gasteiger partial charge in [0.15, 0.2) is 0 Å². The number of hydrogen-bond donors (Lipinski definition) is 1. The number of nitrogens with zero attached hydrogens (tertiary/aromatic N) is 2. The molecule has 3 aliphatic heterocycles. The molecular formula is C25H29N3O4. The van der Waals surface area contributed by atoms with Gasteiger partial charge in [0.1, 0.15) is 5.60 Å². The Hall–Kier alpha value is -3.09. The van der Waals surface area contributed by atoms with Crippen LogP contribution < -0.4 is 10.2 Å². The third-order valence-electron chi connectivity index (χ3n) is 6.54. The molecular weight excluding hydrogens is 406 g/mol. The Morgan fingerprint density at radius 1 is 1.16 bits per heavy atom. The fourth-order valence-corrected chi connectivity index (χ4v) is 5.03. The highest BCUT2D eigenvalue weighted by Gasteiger charge is 2.38. The number of anilines is 1. The molecule has 0 saturated carbocycles. The van der Waals surface area contributed by atoms with E-state index in [1.165, 1.54) is 5.56 Å². The minimum Gasteiger partial charge on any atom is -0.444 e. The van der Waals surface area contributed by atoms with E-state index in [0.29, 0.717) is 38.4 Å². The molecule has 7 heteroatoms. The zero-order chi connectivity index (χ0) is 22.6. The van der Waals surface area contributed by atoms with Gasteiger partial charge in [0.2, 0.25) is 5.91 Å². The van der Waals surface area contributed by atoms with Crippen molar-refractivity contribution in [3.63, 3.8) is 0 Å². The van der Waals surface area contributed by atoms with Gasteiger partial charge in [-0.1, -0.05) is 18.2 Å². The molecule has 168 valence electrons. The van der Waals surface area contributed by atoms with Crippen LogP contribution in [0.3, 0.4) is 0 Å². The highest BCUT2D eigenvalue weighted by atomic mass is 16.6. The second-order valence-corrected chi connectivity index (χ2v) is 10.1. The van der Waals surface area contributed by atoms with Crippen LogP contribution in [0.5, 0.6) is 0 Å². The second-order valence-electron chi connectivity index (χ2n) is 10.1. The molecule has 32 heavy (non-hydrogen) atoms.